The topological polar surface area (TPSA) is 123 Å². The van der Waals surface area contributed by atoms with Crippen molar-refractivity contribution < 1.29 is 33.4 Å². The van der Waals surface area contributed by atoms with Gasteiger partial charge in [-0.05, 0) is 55.3 Å². The van der Waals surface area contributed by atoms with Gasteiger partial charge in [0.25, 0.3) is 17.7 Å². The molecule has 0 atom stereocenters. The number of methoxy groups -OCH3 is 1. The molecule has 4 rings (SSSR count). The smallest absolute Gasteiger partial charge is 0.335 e. The summed E-state index contributed by atoms with van der Waals surface area (Å²) in [6.45, 7) is 4.05. The van der Waals surface area contributed by atoms with E-state index in [1.165, 1.54) is 25.3 Å². The minimum atomic E-state index is -0.895. The van der Waals surface area contributed by atoms with Crippen LogP contribution in [-0.4, -0.2) is 44.1 Å². The standard InChI is InChI=1S/C30H29N3O7/c1-4-14-39-25-13-12-22(17-26(25)38-3)33-29(36)23(28(35)32-30(33)37)16-20-9-5-6-11-24(20)40-18-27(34)31-21-10-7-8-19(2)15-21/h5-13,15-17H,4,14,18H2,1-3H3,(H,31,34)(H,32,35,37)/b23-16-. The van der Waals surface area contributed by atoms with E-state index in [0.29, 0.717) is 29.4 Å². The van der Waals surface area contributed by atoms with Crippen molar-refractivity contribution in [3.63, 3.8) is 0 Å². The zero-order chi connectivity index (χ0) is 28.6. The highest BCUT2D eigenvalue weighted by Gasteiger charge is 2.37. The first kappa shape index (κ1) is 27.9. The molecule has 1 heterocycles. The van der Waals surface area contributed by atoms with E-state index < -0.39 is 17.8 Å². The van der Waals surface area contributed by atoms with Crippen molar-refractivity contribution in [1.82, 2.24) is 5.32 Å². The second kappa shape index (κ2) is 12.6. The number of carbonyl (C=O) groups is 4. The zero-order valence-electron chi connectivity index (χ0n) is 22.4. The first-order valence-electron chi connectivity index (χ1n) is 12.6. The molecule has 0 radical (unpaired) electrons. The van der Waals surface area contributed by atoms with Crippen LogP contribution in [0.4, 0.5) is 16.2 Å². The normalized spacial score (nSPS) is 14.1. The number of nitrogens with one attached hydrogen (secondary N) is 2. The molecule has 1 fully saturated rings. The van der Waals surface area contributed by atoms with E-state index >= 15 is 0 Å². The number of anilines is 2. The molecule has 3 aromatic rings. The van der Waals surface area contributed by atoms with Gasteiger partial charge in [-0.1, -0.05) is 37.3 Å². The van der Waals surface area contributed by atoms with Crippen LogP contribution < -0.4 is 29.7 Å². The monoisotopic (exact) mass is 543 g/mol. The van der Waals surface area contributed by atoms with Gasteiger partial charge in [-0.3, -0.25) is 19.7 Å². The van der Waals surface area contributed by atoms with Crippen LogP contribution >= 0.6 is 0 Å². The third-order valence-corrected chi connectivity index (χ3v) is 5.85. The lowest BCUT2D eigenvalue weighted by Gasteiger charge is -2.27. The summed E-state index contributed by atoms with van der Waals surface area (Å²) in [5, 5.41) is 4.96. The molecule has 5 amide bonds. The molecule has 3 aromatic carbocycles. The summed E-state index contributed by atoms with van der Waals surface area (Å²) in [5.74, 6) is -0.994. The van der Waals surface area contributed by atoms with Crippen LogP contribution in [0.15, 0.2) is 72.3 Å². The lowest BCUT2D eigenvalue weighted by Crippen LogP contribution is -2.54. The largest absolute Gasteiger partial charge is 0.493 e. The maximum atomic E-state index is 13.4. The molecule has 1 aliphatic rings. The second-order valence-electron chi connectivity index (χ2n) is 8.89. The van der Waals surface area contributed by atoms with Crippen LogP contribution in [0.3, 0.4) is 0 Å². The van der Waals surface area contributed by atoms with Crippen LogP contribution in [0.25, 0.3) is 6.08 Å². The van der Waals surface area contributed by atoms with Crippen LogP contribution in [0.2, 0.25) is 0 Å². The van der Waals surface area contributed by atoms with E-state index in [9.17, 15) is 19.2 Å². The van der Waals surface area contributed by atoms with Crippen molar-refractivity contribution >= 4 is 41.2 Å². The second-order valence-corrected chi connectivity index (χ2v) is 8.89. The van der Waals surface area contributed by atoms with Gasteiger partial charge in [-0.25, -0.2) is 9.69 Å². The van der Waals surface area contributed by atoms with Crippen molar-refractivity contribution in [3.8, 4) is 17.2 Å². The van der Waals surface area contributed by atoms with Gasteiger partial charge >= 0.3 is 6.03 Å². The number of benzene rings is 3. The van der Waals surface area contributed by atoms with E-state index in [2.05, 4.69) is 10.6 Å². The molecule has 0 aromatic heterocycles. The molecule has 40 heavy (non-hydrogen) atoms. The van der Waals surface area contributed by atoms with Crippen LogP contribution in [-0.2, 0) is 14.4 Å². The number of para-hydroxylation sites is 1. The fourth-order valence-corrected chi connectivity index (χ4v) is 3.97. The lowest BCUT2D eigenvalue weighted by molar-refractivity contribution is -0.122. The summed E-state index contributed by atoms with van der Waals surface area (Å²) in [6.07, 6.45) is 2.11. The number of hydrogen-bond acceptors (Lipinski definition) is 7. The van der Waals surface area contributed by atoms with E-state index in [4.69, 9.17) is 14.2 Å². The van der Waals surface area contributed by atoms with Crippen molar-refractivity contribution in [2.24, 2.45) is 0 Å². The van der Waals surface area contributed by atoms with E-state index in [1.54, 1.807) is 36.4 Å². The summed E-state index contributed by atoms with van der Waals surface area (Å²) in [5.41, 5.74) is 1.92. The Labute approximate surface area is 231 Å². The Kier molecular flexibility index (Phi) is 8.80. The predicted octanol–water partition coefficient (Wildman–Crippen LogP) is 4.48. The molecular weight excluding hydrogens is 514 g/mol. The minimum Gasteiger partial charge on any atom is -0.493 e. The number of hydrogen-bond donors (Lipinski definition) is 2. The predicted molar refractivity (Wildman–Crippen MR) is 150 cm³/mol. The van der Waals surface area contributed by atoms with Crippen LogP contribution in [0.5, 0.6) is 17.2 Å². The molecule has 2 N–H and O–H groups in total. The maximum absolute atomic E-state index is 13.4. The number of imide groups is 2. The molecule has 0 saturated carbocycles. The van der Waals surface area contributed by atoms with Crippen molar-refractivity contribution in [3.05, 3.63) is 83.4 Å². The fourth-order valence-electron chi connectivity index (χ4n) is 3.97. The Balaban J connectivity index is 1.56. The lowest BCUT2D eigenvalue weighted by atomic mass is 10.1. The summed E-state index contributed by atoms with van der Waals surface area (Å²) >= 11 is 0. The molecule has 0 aliphatic carbocycles. The summed E-state index contributed by atoms with van der Waals surface area (Å²) in [7, 11) is 1.45. The molecular formula is C30H29N3O7. The van der Waals surface area contributed by atoms with Gasteiger partial charge in [0, 0.05) is 17.3 Å². The van der Waals surface area contributed by atoms with E-state index in [0.717, 1.165) is 16.9 Å². The van der Waals surface area contributed by atoms with Crippen molar-refractivity contribution in [2.75, 3.05) is 30.5 Å². The van der Waals surface area contributed by atoms with Gasteiger partial charge in [-0.15, -0.1) is 0 Å². The summed E-state index contributed by atoms with van der Waals surface area (Å²) < 4.78 is 16.7. The zero-order valence-corrected chi connectivity index (χ0v) is 22.4. The molecule has 1 aliphatic heterocycles. The maximum Gasteiger partial charge on any atom is 0.335 e. The van der Waals surface area contributed by atoms with Gasteiger partial charge in [0.05, 0.1) is 19.4 Å². The average molecular weight is 544 g/mol. The summed E-state index contributed by atoms with van der Waals surface area (Å²) in [4.78, 5) is 52.1. The Bertz CT molecular complexity index is 1480. The molecule has 1 saturated heterocycles. The molecule has 10 heteroatoms. The highest BCUT2D eigenvalue weighted by Crippen LogP contribution is 2.33. The number of amides is 5. The molecule has 10 nitrogen and oxygen atoms in total. The van der Waals surface area contributed by atoms with E-state index in [1.807, 2.05) is 32.0 Å². The molecule has 0 bridgehead atoms. The minimum absolute atomic E-state index is 0.193. The quantitative estimate of drug-likeness (QED) is 0.286. The van der Waals surface area contributed by atoms with Crippen molar-refractivity contribution in [2.45, 2.75) is 20.3 Å². The number of barbiturate groups is 1. The van der Waals surface area contributed by atoms with Gasteiger partial charge in [0.2, 0.25) is 0 Å². The Morgan fingerprint density at radius 1 is 0.950 bits per heavy atom. The Morgan fingerprint density at radius 3 is 2.50 bits per heavy atom. The highest BCUT2D eigenvalue weighted by atomic mass is 16.5. The number of aryl methyl sites for hydroxylation is 1. The van der Waals surface area contributed by atoms with Gasteiger partial charge in [0.15, 0.2) is 18.1 Å². The first-order chi connectivity index (χ1) is 19.3. The Hall–Kier alpha value is -5.12. The molecule has 206 valence electrons. The number of carbonyl (C=O) groups excluding carboxylic acids is 4. The van der Waals surface area contributed by atoms with Crippen LogP contribution in [0.1, 0.15) is 24.5 Å². The van der Waals surface area contributed by atoms with Gasteiger partial charge in [0.1, 0.15) is 11.3 Å². The SMILES string of the molecule is CCCOc1ccc(N2C(=O)NC(=O)/C(=C/c3ccccc3OCC(=O)Nc3cccc(C)c3)C2=O)cc1OC. The summed E-state index contributed by atoms with van der Waals surface area (Å²) in [6, 6.07) is 17.7. The van der Waals surface area contributed by atoms with E-state index in [-0.39, 0.29) is 29.5 Å². The molecule has 0 unspecified atom stereocenters. The first-order valence-corrected chi connectivity index (χ1v) is 12.6. The fraction of sp³-hybridized carbons (Fsp3) is 0.200. The van der Waals surface area contributed by atoms with Crippen LogP contribution in [0, 0.1) is 6.92 Å². The van der Waals surface area contributed by atoms with Crippen molar-refractivity contribution in [1.29, 1.82) is 0 Å². The van der Waals surface area contributed by atoms with Gasteiger partial charge in [-0.2, -0.15) is 0 Å². The number of ether oxygens (including phenoxy) is 3. The molecule has 0 spiro atoms. The number of nitrogens with zero attached hydrogens (tertiary/aromatic N) is 1. The van der Waals surface area contributed by atoms with Gasteiger partial charge < -0.3 is 19.5 Å². The third-order valence-electron chi connectivity index (χ3n) is 5.85. The Morgan fingerprint density at radius 2 is 1.75 bits per heavy atom. The number of rotatable bonds is 10. The average Bonchev–Trinajstić information content (AvgIpc) is 2.93. The highest BCUT2D eigenvalue weighted by molar-refractivity contribution is 6.39. The number of urea groups is 1. The third kappa shape index (κ3) is 6.47.